The van der Waals surface area contributed by atoms with Crippen molar-refractivity contribution >= 4 is 17.5 Å². The minimum absolute atomic E-state index is 0.102. The maximum absolute atomic E-state index is 11.7. The summed E-state index contributed by atoms with van der Waals surface area (Å²) < 4.78 is 0. The van der Waals surface area contributed by atoms with Gasteiger partial charge in [-0.3, -0.25) is 4.79 Å². The van der Waals surface area contributed by atoms with E-state index in [1.165, 1.54) is 0 Å². The fourth-order valence-electron chi connectivity index (χ4n) is 1.66. The van der Waals surface area contributed by atoms with E-state index < -0.39 is 0 Å². The summed E-state index contributed by atoms with van der Waals surface area (Å²) in [6.07, 6.45) is 0.717. The van der Waals surface area contributed by atoms with Gasteiger partial charge >= 0.3 is 0 Å². The van der Waals surface area contributed by atoms with Crippen molar-refractivity contribution in [3.8, 4) is 0 Å². The van der Waals surface area contributed by atoms with Crippen LogP contribution in [0, 0.1) is 0 Å². The molecular formula is C10H19ClN2O. The molecule has 1 fully saturated rings. The number of piperazine rings is 1. The zero-order chi connectivity index (χ0) is 10.6. The summed E-state index contributed by atoms with van der Waals surface area (Å²) in [5.74, 6) is 0.102. The number of amides is 1. The normalized spacial score (nSPS) is 20.9. The van der Waals surface area contributed by atoms with Gasteiger partial charge in [0.1, 0.15) is 5.38 Å². The van der Waals surface area contributed by atoms with Crippen molar-refractivity contribution in [1.82, 2.24) is 9.80 Å². The SMILES string of the molecule is CCC(Cl)C(=O)N1CCN(CC)CC1. The lowest BCUT2D eigenvalue weighted by Gasteiger charge is -2.34. The minimum atomic E-state index is -0.330. The third kappa shape index (κ3) is 2.85. The fourth-order valence-corrected chi connectivity index (χ4v) is 1.80. The first-order chi connectivity index (χ1) is 6.69. The van der Waals surface area contributed by atoms with Crippen LogP contribution in [0.4, 0.5) is 0 Å². The summed E-state index contributed by atoms with van der Waals surface area (Å²) in [5.41, 5.74) is 0. The van der Waals surface area contributed by atoms with Crippen molar-refractivity contribution in [1.29, 1.82) is 0 Å². The molecule has 0 aromatic carbocycles. The van der Waals surface area contributed by atoms with Gasteiger partial charge in [0.15, 0.2) is 0 Å². The van der Waals surface area contributed by atoms with E-state index in [2.05, 4.69) is 11.8 Å². The molecule has 0 aromatic heterocycles. The maximum atomic E-state index is 11.7. The lowest BCUT2D eigenvalue weighted by Crippen LogP contribution is -2.50. The monoisotopic (exact) mass is 218 g/mol. The molecule has 0 aliphatic carbocycles. The van der Waals surface area contributed by atoms with Gasteiger partial charge in [-0.05, 0) is 13.0 Å². The molecule has 82 valence electrons. The van der Waals surface area contributed by atoms with Crippen LogP contribution < -0.4 is 0 Å². The van der Waals surface area contributed by atoms with Crippen LogP contribution in [0.1, 0.15) is 20.3 Å². The number of rotatable bonds is 3. The Kier molecular flexibility index (Phi) is 4.69. The Morgan fingerprint density at radius 2 is 1.86 bits per heavy atom. The molecule has 1 atom stereocenters. The molecule has 14 heavy (non-hydrogen) atoms. The molecule has 1 amide bonds. The highest BCUT2D eigenvalue weighted by molar-refractivity contribution is 6.30. The Balaban J connectivity index is 2.37. The van der Waals surface area contributed by atoms with E-state index in [-0.39, 0.29) is 11.3 Å². The van der Waals surface area contributed by atoms with Crippen LogP contribution in [0.3, 0.4) is 0 Å². The van der Waals surface area contributed by atoms with E-state index in [9.17, 15) is 4.79 Å². The number of carbonyl (C=O) groups is 1. The van der Waals surface area contributed by atoms with Gasteiger partial charge in [-0.1, -0.05) is 13.8 Å². The van der Waals surface area contributed by atoms with Crippen molar-refractivity contribution in [3.05, 3.63) is 0 Å². The fraction of sp³-hybridized carbons (Fsp3) is 0.900. The van der Waals surface area contributed by atoms with Gasteiger partial charge in [0.05, 0.1) is 0 Å². The van der Waals surface area contributed by atoms with E-state index in [0.29, 0.717) is 6.42 Å². The van der Waals surface area contributed by atoms with Crippen molar-refractivity contribution < 1.29 is 4.79 Å². The molecule has 1 unspecified atom stereocenters. The number of alkyl halides is 1. The highest BCUT2D eigenvalue weighted by Crippen LogP contribution is 2.09. The average Bonchev–Trinajstić information content (AvgIpc) is 2.27. The van der Waals surface area contributed by atoms with Gasteiger partial charge in [0.2, 0.25) is 5.91 Å². The summed E-state index contributed by atoms with van der Waals surface area (Å²) in [6, 6.07) is 0. The molecular weight excluding hydrogens is 200 g/mol. The second-order valence-electron chi connectivity index (χ2n) is 3.64. The van der Waals surface area contributed by atoms with Crippen LogP contribution in [0.2, 0.25) is 0 Å². The van der Waals surface area contributed by atoms with Crippen LogP contribution in [0.25, 0.3) is 0 Å². The van der Waals surface area contributed by atoms with E-state index >= 15 is 0 Å². The van der Waals surface area contributed by atoms with Crippen molar-refractivity contribution in [2.24, 2.45) is 0 Å². The Bertz CT molecular complexity index is 191. The summed E-state index contributed by atoms with van der Waals surface area (Å²) in [7, 11) is 0. The Morgan fingerprint density at radius 1 is 1.29 bits per heavy atom. The molecule has 1 rings (SSSR count). The zero-order valence-electron chi connectivity index (χ0n) is 9.00. The molecule has 1 aliphatic rings. The Hall–Kier alpha value is -0.280. The van der Waals surface area contributed by atoms with Crippen LogP contribution in [-0.4, -0.2) is 53.8 Å². The third-order valence-electron chi connectivity index (χ3n) is 2.76. The highest BCUT2D eigenvalue weighted by atomic mass is 35.5. The molecule has 1 saturated heterocycles. The number of hydrogen-bond acceptors (Lipinski definition) is 2. The molecule has 1 heterocycles. The number of carbonyl (C=O) groups excluding carboxylic acids is 1. The lowest BCUT2D eigenvalue weighted by molar-refractivity contribution is -0.132. The van der Waals surface area contributed by atoms with Crippen LogP contribution in [-0.2, 0) is 4.79 Å². The lowest BCUT2D eigenvalue weighted by atomic mass is 10.2. The molecule has 3 nitrogen and oxygen atoms in total. The smallest absolute Gasteiger partial charge is 0.240 e. The number of hydrogen-bond donors (Lipinski definition) is 0. The second kappa shape index (κ2) is 5.56. The van der Waals surface area contributed by atoms with E-state index in [4.69, 9.17) is 11.6 Å². The number of nitrogens with zero attached hydrogens (tertiary/aromatic N) is 2. The molecule has 0 bridgehead atoms. The molecule has 0 spiro atoms. The van der Waals surface area contributed by atoms with Crippen LogP contribution in [0.15, 0.2) is 0 Å². The van der Waals surface area contributed by atoms with Crippen LogP contribution >= 0.6 is 11.6 Å². The quantitative estimate of drug-likeness (QED) is 0.664. The summed E-state index contributed by atoms with van der Waals surface area (Å²) in [6.45, 7) is 8.78. The third-order valence-corrected chi connectivity index (χ3v) is 3.25. The zero-order valence-corrected chi connectivity index (χ0v) is 9.76. The van der Waals surface area contributed by atoms with Crippen molar-refractivity contribution in [3.63, 3.8) is 0 Å². The van der Waals surface area contributed by atoms with Gasteiger partial charge in [-0.15, -0.1) is 11.6 Å². The largest absolute Gasteiger partial charge is 0.339 e. The highest BCUT2D eigenvalue weighted by Gasteiger charge is 2.24. The second-order valence-corrected chi connectivity index (χ2v) is 4.16. The van der Waals surface area contributed by atoms with Gasteiger partial charge in [-0.25, -0.2) is 0 Å². The van der Waals surface area contributed by atoms with Gasteiger partial charge in [0.25, 0.3) is 0 Å². The van der Waals surface area contributed by atoms with Gasteiger partial charge < -0.3 is 9.80 Å². The van der Waals surface area contributed by atoms with Crippen LogP contribution in [0.5, 0.6) is 0 Å². The van der Waals surface area contributed by atoms with Gasteiger partial charge in [0, 0.05) is 26.2 Å². The maximum Gasteiger partial charge on any atom is 0.240 e. The first-order valence-corrected chi connectivity index (χ1v) is 5.77. The minimum Gasteiger partial charge on any atom is -0.339 e. The first-order valence-electron chi connectivity index (χ1n) is 5.34. The van der Waals surface area contributed by atoms with Crippen molar-refractivity contribution in [2.45, 2.75) is 25.6 Å². The predicted octanol–water partition coefficient (Wildman–Crippen LogP) is 1.17. The topological polar surface area (TPSA) is 23.6 Å². The average molecular weight is 219 g/mol. The molecule has 4 heteroatoms. The summed E-state index contributed by atoms with van der Waals surface area (Å²) >= 11 is 5.91. The van der Waals surface area contributed by atoms with E-state index in [1.807, 2.05) is 11.8 Å². The first kappa shape index (κ1) is 11.8. The molecule has 1 aliphatic heterocycles. The van der Waals surface area contributed by atoms with Gasteiger partial charge in [-0.2, -0.15) is 0 Å². The Morgan fingerprint density at radius 3 is 2.29 bits per heavy atom. The molecule has 0 aromatic rings. The molecule has 0 N–H and O–H groups in total. The van der Waals surface area contributed by atoms with Crippen molar-refractivity contribution in [2.75, 3.05) is 32.7 Å². The summed E-state index contributed by atoms with van der Waals surface area (Å²) in [4.78, 5) is 15.9. The van der Waals surface area contributed by atoms with E-state index in [0.717, 1.165) is 32.7 Å². The molecule has 0 saturated carbocycles. The Labute approximate surface area is 91.0 Å². The molecule has 0 radical (unpaired) electrons. The number of likely N-dealkylation sites (N-methyl/N-ethyl adjacent to an activating group) is 1. The standard InChI is InChI=1S/C10H19ClN2O/c1-3-9(11)10(14)13-7-5-12(4-2)6-8-13/h9H,3-8H2,1-2H3. The number of halogens is 1. The summed E-state index contributed by atoms with van der Waals surface area (Å²) in [5, 5.41) is -0.330. The van der Waals surface area contributed by atoms with E-state index in [1.54, 1.807) is 0 Å². The predicted molar refractivity (Wildman–Crippen MR) is 58.6 cm³/mol.